The third kappa shape index (κ3) is 2.82. The van der Waals surface area contributed by atoms with E-state index in [-0.39, 0.29) is 5.91 Å². The summed E-state index contributed by atoms with van der Waals surface area (Å²) in [5.41, 5.74) is 3.41. The van der Waals surface area contributed by atoms with Gasteiger partial charge in [0, 0.05) is 20.0 Å². The third-order valence-electron chi connectivity index (χ3n) is 3.36. The highest BCUT2D eigenvalue weighted by molar-refractivity contribution is 5.90. The van der Waals surface area contributed by atoms with E-state index in [2.05, 4.69) is 29.4 Å². The Morgan fingerprint density at radius 2 is 1.89 bits per heavy atom. The number of hydrogen-bond acceptors (Lipinski definition) is 3. The fourth-order valence-corrected chi connectivity index (χ4v) is 2.32. The van der Waals surface area contributed by atoms with Gasteiger partial charge in [-0.15, -0.1) is 0 Å². The van der Waals surface area contributed by atoms with Crippen LogP contribution in [-0.2, 0) is 17.6 Å². The van der Waals surface area contributed by atoms with Crippen molar-refractivity contribution >= 4 is 11.6 Å². The molecule has 1 amide bonds. The first-order valence-corrected chi connectivity index (χ1v) is 6.26. The standard InChI is InChI=1S/C14H20N2O2/c1-10(17)15-13-8-11-4-6-16(2)7-5-12(11)9-14(13)18-3/h8-9H,4-7H2,1-3H3,(H,15,17). The number of hydrogen-bond donors (Lipinski definition) is 1. The summed E-state index contributed by atoms with van der Waals surface area (Å²) >= 11 is 0. The first kappa shape index (κ1) is 12.9. The molecule has 1 N–H and O–H groups in total. The minimum atomic E-state index is -0.0704. The highest BCUT2D eigenvalue weighted by Gasteiger charge is 2.15. The van der Waals surface area contributed by atoms with Crippen molar-refractivity contribution in [3.8, 4) is 5.75 Å². The fraction of sp³-hybridized carbons (Fsp3) is 0.500. The molecule has 0 aromatic heterocycles. The highest BCUT2D eigenvalue weighted by atomic mass is 16.5. The van der Waals surface area contributed by atoms with Gasteiger partial charge in [-0.3, -0.25) is 4.79 Å². The molecule has 0 saturated carbocycles. The van der Waals surface area contributed by atoms with Crippen LogP contribution in [0.25, 0.3) is 0 Å². The summed E-state index contributed by atoms with van der Waals surface area (Å²) in [6.45, 7) is 3.63. The van der Waals surface area contributed by atoms with Crippen molar-refractivity contribution < 1.29 is 9.53 Å². The number of likely N-dealkylation sites (N-methyl/N-ethyl adjacent to an activating group) is 1. The maximum Gasteiger partial charge on any atom is 0.221 e. The number of ether oxygens (including phenoxy) is 1. The summed E-state index contributed by atoms with van der Waals surface area (Å²) in [5, 5.41) is 2.83. The zero-order valence-corrected chi connectivity index (χ0v) is 11.2. The van der Waals surface area contributed by atoms with Gasteiger partial charge < -0.3 is 15.0 Å². The van der Waals surface area contributed by atoms with Gasteiger partial charge in [0.15, 0.2) is 0 Å². The molecule has 1 heterocycles. The number of rotatable bonds is 2. The molecular formula is C14H20N2O2. The Morgan fingerprint density at radius 3 is 2.44 bits per heavy atom. The number of anilines is 1. The minimum Gasteiger partial charge on any atom is -0.495 e. The van der Waals surface area contributed by atoms with Gasteiger partial charge in [-0.05, 0) is 43.1 Å². The van der Waals surface area contributed by atoms with Crippen LogP contribution in [0.1, 0.15) is 18.1 Å². The second-order valence-corrected chi connectivity index (χ2v) is 4.81. The molecule has 0 spiro atoms. The maximum atomic E-state index is 11.2. The number of nitrogens with zero attached hydrogens (tertiary/aromatic N) is 1. The molecule has 18 heavy (non-hydrogen) atoms. The van der Waals surface area contributed by atoms with Crippen molar-refractivity contribution in [2.75, 3.05) is 32.6 Å². The van der Waals surface area contributed by atoms with Crippen molar-refractivity contribution in [2.45, 2.75) is 19.8 Å². The predicted octanol–water partition coefficient (Wildman–Crippen LogP) is 1.68. The third-order valence-corrected chi connectivity index (χ3v) is 3.36. The van der Waals surface area contributed by atoms with Crippen molar-refractivity contribution in [2.24, 2.45) is 0 Å². The van der Waals surface area contributed by atoms with Gasteiger partial charge in [-0.25, -0.2) is 0 Å². The molecule has 1 aromatic rings. The van der Waals surface area contributed by atoms with Crippen LogP contribution in [0.4, 0.5) is 5.69 Å². The van der Waals surface area contributed by atoms with E-state index >= 15 is 0 Å². The molecule has 4 nitrogen and oxygen atoms in total. The summed E-state index contributed by atoms with van der Waals surface area (Å²) in [6, 6.07) is 4.11. The second-order valence-electron chi connectivity index (χ2n) is 4.81. The van der Waals surface area contributed by atoms with E-state index in [1.54, 1.807) is 7.11 Å². The van der Waals surface area contributed by atoms with E-state index in [1.807, 2.05) is 0 Å². The number of carbonyl (C=O) groups is 1. The van der Waals surface area contributed by atoms with E-state index in [4.69, 9.17) is 4.74 Å². The molecule has 4 heteroatoms. The van der Waals surface area contributed by atoms with Crippen LogP contribution in [0.5, 0.6) is 5.75 Å². The molecular weight excluding hydrogens is 228 g/mol. The normalized spacial score (nSPS) is 15.7. The summed E-state index contributed by atoms with van der Waals surface area (Å²) in [4.78, 5) is 13.5. The number of amides is 1. The van der Waals surface area contributed by atoms with E-state index in [0.717, 1.165) is 37.4 Å². The minimum absolute atomic E-state index is 0.0704. The molecule has 1 aromatic carbocycles. The molecule has 0 saturated heterocycles. The molecule has 0 fully saturated rings. The van der Waals surface area contributed by atoms with Gasteiger partial charge in [0.1, 0.15) is 5.75 Å². The summed E-state index contributed by atoms with van der Waals surface area (Å²) < 4.78 is 5.35. The number of methoxy groups -OCH3 is 1. The average Bonchev–Trinajstić information content (AvgIpc) is 2.50. The topological polar surface area (TPSA) is 41.6 Å². The molecule has 0 bridgehead atoms. The first-order chi connectivity index (χ1) is 8.60. The highest BCUT2D eigenvalue weighted by Crippen LogP contribution is 2.30. The molecule has 1 aliphatic heterocycles. The average molecular weight is 248 g/mol. The fourth-order valence-electron chi connectivity index (χ4n) is 2.32. The first-order valence-electron chi connectivity index (χ1n) is 6.26. The summed E-state index contributed by atoms with van der Waals surface area (Å²) in [5.74, 6) is 0.674. The Kier molecular flexibility index (Phi) is 3.87. The molecule has 0 radical (unpaired) electrons. The van der Waals surface area contributed by atoms with Gasteiger partial charge in [0.2, 0.25) is 5.91 Å². The van der Waals surface area contributed by atoms with Crippen LogP contribution < -0.4 is 10.1 Å². The van der Waals surface area contributed by atoms with Crippen molar-refractivity contribution in [3.05, 3.63) is 23.3 Å². The zero-order valence-electron chi connectivity index (χ0n) is 11.2. The lowest BCUT2D eigenvalue weighted by molar-refractivity contribution is -0.114. The lowest BCUT2D eigenvalue weighted by Gasteiger charge is -2.13. The Bertz CT molecular complexity index is 457. The molecule has 0 unspecified atom stereocenters. The van der Waals surface area contributed by atoms with Gasteiger partial charge in [-0.2, -0.15) is 0 Å². The SMILES string of the molecule is COc1cc2c(cc1NC(C)=O)CCN(C)CC2. The molecule has 2 rings (SSSR count). The molecule has 0 aliphatic carbocycles. The van der Waals surface area contributed by atoms with Crippen LogP contribution in [0.2, 0.25) is 0 Å². The van der Waals surface area contributed by atoms with Crippen LogP contribution >= 0.6 is 0 Å². The monoisotopic (exact) mass is 248 g/mol. The molecule has 0 atom stereocenters. The van der Waals surface area contributed by atoms with Crippen LogP contribution in [-0.4, -0.2) is 38.1 Å². The van der Waals surface area contributed by atoms with Crippen molar-refractivity contribution in [1.29, 1.82) is 0 Å². The largest absolute Gasteiger partial charge is 0.495 e. The van der Waals surface area contributed by atoms with Crippen molar-refractivity contribution in [3.63, 3.8) is 0 Å². The molecule has 1 aliphatic rings. The van der Waals surface area contributed by atoms with Gasteiger partial charge in [0.25, 0.3) is 0 Å². The predicted molar refractivity (Wildman–Crippen MR) is 72.2 cm³/mol. The van der Waals surface area contributed by atoms with Gasteiger partial charge in [-0.1, -0.05) is 0 Å². The van der Waals surface area contributed by atoms with E-state index in [9.17, 15) is 4.79 Å². The summed E-state index contributed by atoms with van der Waals surface area (Å²) in [6.07, 6.45) is 2.05. The van der Waals surface area contributed by atoms with Crippen LogP contribution in [0, 0.1) is 0 Å². The van der Waals surface area contributed by atoms with E-state index in [1.165, 1.54) is 18.1 Å². The van der Waals surface area contributed by atoms with E-state index < -0.39 is 0 Å². The lowest BCUT2D eigenvalue weighted by atomic mass is 10.0. The zero-order chi connectivity index (χ0) is 13.1. The Balaban J connectivity index is 2.36. The Morgan fingerprint density at radius 1 is 1.28 bits per heavy atom. The van der Waals surface area contributed by atoms with Crippen LogP contribution in [0.3, 0.4) is 0 Å². The Labute approximate surface area is 108 Å². The van der Waals surface area contributed by atoms with E-state index in [0.29, 0.717) is 0 Å². The lowest BCUT2D eigenvalue weighted by Crippen LogP contribution is -2.20. The van der Waals surface area contributed by atoms with Gasteiger partial charge >= 0.3 is 0 Å². The number of benzene rings is 1. The van der Waals surface area contributed by atoms with Crippen LogP contribution in [0.15, 0.2) is 12.1 Å². The quantitative estimate of drug-likeness (QED) is 0.866. The number of nitrogens with one attached hydrogen (secondary N) is 1. The smallest absolute Gasteiger partial charge is 0.221 e. The number of fused-ring (bicyclic) bond motifs is 1. The van der Waals surface area contributed by atoms with Gasteiger partial charge in [0.05, 0.1) is 12.8 Å². The second kappa shape index (κ2) is 5.40. The Hall–Kier alpha value is -1.55. The molecule has 98 valence electrons. The maximum absolute atomic E-state index is 11.2. The van der Waals surface area contributed by atoms with Crippen molar-refractivity contribution in [1.82, 2.24) is 4.90 Å². The number of carbonyl (C=O) groups excluding carboxylic acids is 1. The summed E-state index contributed by atoms with van der Waals surface area (Å²) in [7, 11) is 3.77.